The van der Waals surface area contributed by atoms with Crippen LogP contribution in [0.3, 0.4) is 0 Å². The Morgan fingerprint density at radius 1 is 0.944 bits per heavy atom. The number of amides is 1. The quantitative estimate of drug-likeness (QED) is 0.517. The first kappa shape index (κ1) is 24.7. The van der Waals surface area contributed by atoms with Gasteiger partial charge in [0.15, 0.2) is 0 Å². The van der Waals surface area contributed by atoms with Crippen LogP contribution in [0.5, 0.6) is 0 Å². The molecule has 0 aromatic carbocycles. The summed E-state index contributed by atoms with van der Waals surface area (Å²) in [7, 11) is 0. The predicted octanol–water partition coefficient (Wildman–Crippen LogP) is 3.79. The summed E-state index contributed by atoms with van der Waals surface area (Å²) in [6.45, 7) is 8.33. The minimum atomic E-state index is -0.528. The molecule has 2 aliphatic heterocycles. The van der Waals surface area contributed by atoms with Gasteiger partial charge in [0, 0.05) is 12.5 Å². The molecule has 2 heterocycles. The van der Waals surface area contributed by atoms with E-state index >= 15 is 0 Å². The summed E-state index contributed by atoms with van der Waals surface area (Å²) in [5.41, 5.74) is -0.416. The zero-order valence-corrected chi connectivity index (χ0v) is 22.3. The first-order valence-corrected chi connectivity index (χ1v) is 14.7. The Balaban J connectivity index is 1.18. The van der Waals surface area contributed by atoms with Gasteiger partial charge in [0.25, 0.3) is 0 Å². The molecule has 4 atom stereocenters. The van der Waals surface area contributed by atoms with Crippen molar-refractivity contribution in [2.24, 2.45) is 35.5 Å². The van der Waals surface area contributed by atoms with Crippen LogP contribution < -0.4 is 0 Å². The fourth-order valence-electron chi connectivity index (χ4n) is 9.18. The number of carbonyl (C=O) groups excluding carboxylic acids is 3. The van der Waals surface area contributed by atoms with Gasteiger partial charge in [-0.2, -0.15) is 0 Å². The summed E-state index contributed by atoms with van der Waals surface area (Å²) in [6.07, 6.45) is 10.0. The van der Waals surface area contributed by atoms with Crippen molar-refractivity contribution in [3.8, 4) is 0 Å². The van der Waals surface area contributed by atoms with Gasteiger partial charge in [-0.05, 0) is 109 Å². The van der Waals surface area contributed by atoms with E-state index in [4.69, 9.17) is 9.47 Å². The third-order valence-electron chi connectivity index (χ3n) is 10.8. The molecule has 7 rings (SSSR count). The number of rotatable bonds is 6. The van der Waals surface area contributed by atoms with E-state index in [0.717, 1.165) is 37.8 Å². The molecule has 0 N–H and O–H groups in total. The zero-order chi connectivity index (χ0) is 25.2. The molecule has 5 saturated carbocycles. The van der Waals surface area contributed by atoms with Crippen LogP contribution in [-0.4, -0.2) is 71.1 Å². The van der Waals surface area contributed by atoms with Crippen molar-refractivity contribution in [2.45, 2.75) is 109 Å². The lowest BCUT2D eigenvalue weighted by atomic mass is 9.50. The Morgan fingerprint density at radius 3 is 2.19 bits per heavy atom. The summed E-state index contributed by atoms with van der Waals surface area (Å²) >= 11 is 0. The monoisotopic (exact) mass is 500 g/mol. The Morgan fingerprint density at radius 2 is 1.58 bits per heavy atom. The first-order valence-electron chi connectivity index (χ1n) is 14.7. The van der Waals surface area contributed by atoms with E-state index in [9.17, 15) is 14.4 Å². The van der Waals surface area contributed by atoms with Crippen LogP contribution in [0, 0.1) is 35.5 Å². The van der Waals surface area contributed by atoms with Gasteiger partial charge in [-0.3, -0.25) is 19.3 Å². The van der Waals surface area contributed by atoms with Crippen LogP contribution >= 0.6 is 0 Å². The lowest BCUT2D eigenvalue weighted by molar-refractivity contribution is -0.210. The molecule has 7 heteroatoms. The number of ether oxygens (including phenoxy) is 2. The second-order valence-corrected chi connectivity index (χ2v) is 13.4. The van der Waals surface area contributed by atoms with Gasteiger partial charge < -0.3 is 14.4 Å². The maximum atomic E-state index is 13.8. The van der Waals surface area contributed by atoms with E-state index in [1.54, 1.807) is 0 Å². The average molecular weight is 501 g/mol. The van der Waals surface area contributed by atoms with Crippen molar-refractivity contribution >= 4 is 17.8 Å². The van der Waals surface area contributed by atoms with E-state index in [-0.39, 0.29) is 35.8 Å². The maximum absolute atomic E-state index is 13.8. The smallest absolute Gasteiger partial charge is 0.320 e. The molecule has 5 aliphatic carbocycles. The largest absolute Gasteiger partial charge is 0.459 e. The summed E-state index contributed by atoms with van der Waals surface area (Å²) < 4.78 is 12.5. The standard InChI is InChI=1S/C29H44N2O5/c1-17(2)31-24-14-22(27(31)33)23(15-25(24)35-26(32)16-30-7-5-4-6-8-30)28(34)36-29(3)20-10-18-9-19(12-20)13-21(29)11-18/h17-25H,4-16H2,1-3H3. The van der Waals surface area contributed by atoms with Crippen molar-refractivity contribution in [1.82, 2.24) is 9.80 Å². The van der Waals surface area contributed by atoms with Gasteiger partial charge in [0.05, 0.1) is 24.4 Å². The molecule has 4 unspecified atom stereocenters. The third-order valence-corrected chi connectivity index (χ3v) is 10.8. The van der Waals surface area contributed by atoms with Gasteiger partial charge in [-0.15, -0.1) is 0 Å². The minimum Gasteiger partial charge on any atom is -0.459 e. The lowest BCUT2D eigenvalue weighted by Gasteiger charge is -2.59. The number of hydrogen-bond donors (Lipinski definition) is 0. The van der Waals surface area contributed by atoms with E-state index in [0.29, 0.717) is 31.2 Å². The molecule has 6 bridgehead atoms. The van der Waals surface area contributed by atoms with Crippen molar-refractivity contribution < 1.29 is 23.9 Å². The van der Waals surface area contributed by atoms with Gasteiger partial charge in [0.1, 0.15) is 11.7 Å². The predicted molar refractivity (Wildman–Crippen MR) is 134 cm³/mol. The molecule has 200 valence electrons. The second-order valence-electron chi connectivity index (χ2n) is 13.4. The molecule has 7 nitrogen and oxygen atoms in total. The van der Waals surface area contributed by atoms with Crippen LogP contribution in [0.1, 0.15) is 85.0 Å². The van der Waals surface area contributed by atoms with Crippen LogP contribution in [0.4, 0.5) is 0 Å². The molecule has 7 aliphatic rings. The van der Waals surface area contributed by atoms with Crippen molar-refractivity contribution in [2.75, 3.05) is 19.6 Å². The second kappa shape index (κ2) is 9.28. The van der Waals surface area contributed by atoms with Crippen LogP contribution in [-0.2, 0) is 23.9 Å². The summed E-state index contributed by atoms with van der Waals surface area (Å²) in [5, 5.41) is 0. The van der Waals surface area contributed by atoms with E-state index < -0.39 is 17.6 Å². The maximum Gasteiger partial charge on any atom is 0.320 e. The van der Waals surface area contributed by atoms with Crippen LogP contribution in [0.25, 0.3) is 0 Å². The minimum absolute atomic E-state index is 0.00695. The zero-order valence-electron chi connectivity index (χ0n) is 22.3. The van der Waals surface area contributed by atoms with E-state index in [1.807, 2.05) is 18.7 Å². The average Bonchev–Trinajstić information content (AvgIpc) is 3.12. The van der Waals surface area contributed by atoms with Gasteiger partial charge in [-0.25, -0.2) is 0 Å². The SMILES string of the molecule is CC(C)N1C(=O)C2CC1C(OC(=O)CN1CCCCC1)CC2C(=O)OC1(C)C2CC3CC(C2)CC1C3. The van der Waals surface area contributed by atoms with Gasteiger partial charge >= 0.3 is 11.9 Å². The number of carbonyl (C=O) groups is 3. The number of piperidine rings is 1. The number of nitrogens with zero attached hydrogens (tertiary/aromatic N) is 2. The Labute approximate surface area is 215 Å². The highest BCUT2D eigenvalue weighted by Crippen LogP contribution is 2.60. The number of likely N-dealkylation sites (tertiary alicyclic amines) is 2. The van der Waals surface area contributed by atoms with Crippen molar-refractivity contribution in [3.63, 3.8) is 0 Å². The number of esters is 2. The molecule has 36 heavy (non-hydrogen) atoms. The fraction of sp³-hybridized carbons (Fsp3) is 0.897. The normalized spacial score (nSPS) is 43.8. The van der Waals surface area contributed by atoms with E-state index in [2.05, 4.69) is 11.8 Å². The fourth-order valence-corrected chi connectivity index (χ4v) is 9.18. The van der Waals surface area contributed by atoms with E-state index in [1.165, 1.54) is 38.5 Å². The van der Waals surface area contributed by atoms with Gasteiger partial charge in [0.2, 0.25) is 5.91 Å². The number of fused-ring (bicyclic) bond motifs is 2. The molecule has 0 aromatic heterocycles. The highest BCUT2D eigenvalue weighted by atomic mass is 16.6. The molecule has 0 aromatic rings. The summed E-state index contributed by atoms with van der Waals surface area (Å²) in [6, 6.07) is -0.138. The van der Waals surface area contributed by atoms with Crippen molar-refractivity contribution in [3.05, 3.63) is 0 Å². The molecule has 1 amide bonds. The molecule has 0 spiro atoms. The molecule has 0 radical (unpaired) electrons. The molecule has 7 fully saturated rings. The highest BCUT2D eigenvalue weighted by Gasteiger charge is 2.60. The Kier molecular flexibility index (Phi) is 6.37. The first-order chi connectivity index (χ1) is 17.2. The number of hydrogen-bond acceptors (Lipinski definition) is 6. The Bertz CT molecular complexity index is 868. The lowest BCUT2D eigenvalue weighted by Crippen LogP contribution is -2.58. The van der Waals surface area contributed by atoms with Gasteiger partial charge in [-0.1, -0.05) is 6.42 Å². The summed E-state index contributed by atoms with van der Waals surface area (Å²) in [5.74, 6) is 1.16. The third kappa shape index (κ3) is 4.17. The summed E-state index contributed by atoms with van der Waals surface area (Å²) in [4.78, 5) is 44.3. The van der Waals surface area contributed by atoms with Crippen LogP contribution in [0.2, 0.25) is 0 Å². The van der Waals surface area contributed by atoms with Crippen molar-refractivity contribution in [1.29, 1.82) is 0 Å². The Hall–Kier alpha value is -1.63. The molecular formula is C29H44N2O5. The molecular weight excluding hydrogens is 456 g/mol. The molecule has 2 saturated heterocycles. The highest BCUT2D eigenvalue weighted by molar-refractivity contribution is 5.88. The topological polar surface area (TPSA) is 76.2 Å². The van der Waals surface area contributed by atoms with Crippen LogP contribution in [0.15, 0.2) is 0 Å².